The van der Waals surface area contributed by atoms with Gasteiger partial charge in [0.25, 0.3) is 0 Å². The highest BCUT2D eigenvalue weighted by Gasteiger charge is 2.03. The quantitative estimate of drug-likeness (QED) is 0.305. The van der Waals surface area contributed by atoms with Crippen molar-refractivity contribution in [3.63, 3.8) is 0 Å². The molecular weight excluding hydrogens is 300 g/mol. The first-order valence-electron chi connectivity index (χ1n) is 10.6. The van der Waals surface area contributed by atoms with E-state index in [-0.39, 0.29) is 13.2 Å². The van der Waals surface area contributed by atoms with Crippen LogP contribution in [0.5, 0.6) is 0 Å². The van der Waals surface area contributed by atoms with E-state index in [1.54, 1.807) is 0 Å². The van der Waals surface area contributed by atoms with Crippen LogP contribution in [0.25, 0.3) is 0 Å². The van der Waals surface area contributed by atoms with Crippen LogP contribution >= 0.6 is 0 Å². The highest BCUT2D eigenvalue weighted by molar-refractivity contribution is 4.56. The molecule has 0 aromatic heterocycles. The van der Waals surface area contributed by atoms with Crippen molar-refractivity contribution >= 4 is 0 Å². The largest absolute Gasteiger partial charge is 0.394 e. The van der Waals surface area contributed by atoms with Crippen molar-refractivity contribution in [2.75, 3.05) is 19.8 Å². The molecule has 0 aromatic rings. The lowest BCUT2D eigenvalue weighted by atomic mass is 9.96. The zero-order chi connectivity index (χ0) is 17.9. The monoisotopic (exact) mass is 344 g/mol. The number of rotatable bonds is 19. The SMILES string of the molecule is CCCCCCCCCCC(C)CCCCCCOCC(O)CO. The fraction of sp³-hybridized carbons (Fsp3) is 1.00. The normalized spacial score (nSPS) is 14.0. The Hall–Kier alpha value is -0.120. The van der Waals surface area contributed by atoms with E-state index in [1.165, 1.54) is 83.5 Å². The van der Waals surface area contributed by atoms with Crippen molar-refractivity contribution in [2.24, 2.45) is 5.92 Å². The van der Waals surface area contributed by atoms with E-state index < -0.39 is 6.10 Å². The first-order valence-corrected chi connectivity index (χ1v) is 10.6. The zero-order valence-corrected chi connectivity index (χ0v) is 16.5. The van der Waals surface area contributed by atoms with Gasteiger partial charge in [0.05, 0.1) is 13.2 Å². The Kier molecular flexibility index (Phi) is 19.1. The van der Waals surface area contributed by atoms with Gasteiger partial charge in [0.1, 0.15) is 6.10 Å². The minimum atomic E-state index is -0.720. The molecule has 0 bridgehead atoms. The zero-order valence-electron chi connectivity index (χ0n) is 16.5. The summed E-state index contributed by atoms with van der Waals surface area (Å²) in [6, 6.07) is 0. The third-order valence-electron chi connectivity index (χ3n) is 4.81. The van der Waals surface area contributed by atoms with Gasteiger partial charge in [-0.3, -0.25) is 0 Å². The van der Waals surface area contributed by atoms with Crippen LogP contribution in [-0.4, -0.2) is 36.1 Å². The third kappa shape index (κ3) is 18.2. The van der Waals surface area contributed by atoms with Crippen molar-refractivity contribution in [3.05, 3.63) is 0 Å². The molecule has 146 valence electrons. The molecule has 0 saturated heterocycles. The van der Waals surface area contributed by atoms with Gasteiger partial charge >= 0.3 is 0 Å². The van der Waals surface area contributed by atoms with Gasteiger partial charge in [-0.25, -0.2) is 0 Å². The van der Waals surface area contributed by atoms with Gasteiger partial charge < -0.3 is 14.9 Å². The molecule has 2 unspecified atom stereocenters. The maximum atomic E-state index is 9.14. The number of unbranched alkanes of at least 4 members (excludes halogenated alkanes) is 10. The van der Waals surface area contributed by atoms with Gasteiger partial charge in [0, 0.05) is 6.61 Å². The third-order valence-corrected chi connectivity index (χ3v) is 4.81. The number of hydrogen-bond donors (Lipinski definition) is 2. The molecule has 0 heterocycles. The van der Waals surface area contributed by atoms with Crippen LogP contribution in [0.2, 0.25) is 0 Å². The molecule has 0 radical (unpaired) electrons. The number of aliphatic hydroxyl groups is 2. The standard InChI is InChI=1S/C21H44O3/c1-3-4-5-6-7-8-9-12-15-20(2)16-13-10-11-14-17-24-19-21(23)18-22/h20-23H,3-19H2,1-2H3. The second-order valence-corrected chi connectivity index (χ2v) is 7.48. The molecule has 0 aliphatic rings. The summed E-state index contributed by atoms with van der Waals surface area (Å²) in [5.74, 6) is 0.876. The summed E-state index contributed by atoms with van der Waals surface area (Å²) in [5.41, 5.74) is 0. The smallest absolute Gasteiger partial charge is 0.100 e. The van der Waals surface area contributed by atoms with Gasteiger partial charge in [0.15, 0.2) is 0 Å². The van der Waals surface area contributed by atoms with Crippen molar-refractivity contribution in [1.29, 1.82) is 0 Å². The predicted octanol–water partition coefficient (Wildman–Crippen LogP) is 5.47. The van der Waals surface area contributed by atoms with Crippen molar-refractivity contribution in [3.8, 4) is 0 Å². The molecular formula is C21H44O3. The van der Waals surface area contributed by atoms with Gasteiger partial charge in [-0.1, -0.05) is 97.3 Å². The molecule has 2 atom stereocenters. The lowest BCUT2D eigenvalue weighted by Crippen LogP contribution is -2.19. The van der Waals surface area contributed by atoms with Crippen LogP contribution in [0.4, 0.5) is 0 Å². The number of ether oxygens (including phenoxy) is 1. The van der Waals surface area contributed by atoms with E-state index in [0.29, 0.717) is 6.61 Å². The van der Waals surface area contributed by atoms with Crippen LogP contribution in [0, 0.1) is 5.92 Å². The van der Waals surface area contributed by atoms with E-state index in [4.69, 9.17) is 14.9 Å². The molecule has 0 saturated carbocycles. The van der Waals surface area contributed by atoms with Crippen LogP contribution in [0.3, 0.4) is 0 Å². The Morgan fingerprint density at radius 2 is 1.25 bits per heavy atom. The lowest BCUT2D eigenvalue weighted by Gasteiger charge is -2.11. The molecule has 0 aliphatic heterocycles. The summed E-state index contributed by atoms with van der Waals surface area (Å²) in [4.78, 5) is 0. The molecule has 3 heteroatoms. The summed E-state index contributed by atoms with van der Waals surface area (Å²) in [6.07, 6.45) is 18.3. The maximum Gasteiger partial charge on any atom is 0.100 e. The number of aliphatic hydroxyl groups excluding tert-OH is 2. The Morgan fingerprint density at radius 3 is 1.79 bits per heavy atom. The molecule has 0 aromatic carbocycles. The summed E-state index contributed by atoms with van der Waals surface area (Å²) in [5, 5.41) is 17.8. The van der Waals surface area contributed by atoms with Crippen molar-refractivity contribution in [2.45, 2.75) is 110 Å². The highest BCUT2D eigenvalue weighted by atomic mass is 16.5. The van der Waals surface area contributed by atoms with E-state index in [0.717, 1.165) is 12.3 Å². The summed E-state index contributed by atoms with van der Waals surface area (Å²) >= 11 is 0. The Morgan fingerprint density at radius 1 is 0.750 bits per heavy atom. The Labute approximate surface area is 151 Å². The average molecular weight is 345 g/mol. The van der Waals surface area contributed by atoms with Crippen molar-refractivity contribution < 1.29 is 14.9 Å². The van der Waals surface area contributed by atoms with E-state index >= 15 is 0 Å². The first-order chi connectivity index (χ1) is 11.7. The minimum Gasteiger partial charge on any atom is -0.394 e. The molecule has 0 amide bonds. The van der Waals surface area contributed by atoms with Crippen LogP contribution in [0.1, 0.15) is 104 Å². The Bertz CT molecular complexity index is 233. The molecule has 0 aliphatic carbocycles. The lowest BCUT2D eigenvalue weighted by molar-refractivity contribution is 0.00525. The average Bonchev–Trinajstić information content (AvgIpc) is 2.59. The number of hydrogen-bond acceptors (Lipinski definition) is 3. The minimum absolute atomic E-state index is 0.212. The van der Waals surface area contributed by atoms with Crippen molar-refractivity contribution in [1.82, 2.24) is 0 Å². The summed E-state index contributed by atoms with van der Waals surface area (Å²) < 4.78 is 5.31. The molecule has 24 heavy (non-hydrogen) atoms. The topological polar surface area (TPSA) is 49.7 Å². The summed E-state index contributed by atoms with van der Waals surface area (Å²) in [6.45, 7) is 5.42. The first kappa shape index (κ1) is 23.9. The maximum absolute atomic E-state index is 9.14. The van der Waals surface area contributed by atoms with Gasteiger partial charge in [0.2, 0.25) is 0 Å². The van der Waals surface area contributed by atoms with Gasteiger partial charge in [-0.2, -0.15) is 0 Å². The Balaban J connectivity index is 3.17. The fourth-order valence-electron chi connectivity index (χ4n) is 3.09. The van der Waals surface area contributed by atoms with E-state index in [1.807, 2.05) is 0 Å². The summed E-state index contributed by atoms with van der Waals surface area (Å²) in [7, 11) is 0. The van der Waals surface area contributed by atoms with Gasteiger partial charge in [-0.05, 0) is 12.3 Å². The molecule has 0 fully saturated rings. The fourth-order valence-corrected chi connectivity index (χ4v) is 3.09. The second kappa shape index (κ2) is 19.2. The second-order valence-electron chi connectivity index (χ2n) is 7.48. The molecule has 2 N–H and O–H groups in total. The van der Waals surface area contributed by atoms with E-state index in [2.05, 4.69) is 13.8 Å². The van der Waals surface area contributed by atoms with Gasteiger partial charge in [-0.15, -0.1) is 0 Å². The molecule has 3 nitrogen and oxygen atoms in total. The molecule has 0 spiro atoms. The predicted molar refractivity (Wildman–Crippen MR) is 103 cm³/mol. The van der Waals surface area contributed by atoms with E-state index in [9.17, 15) is 0 Å². The highest BCUT2D eigenvalue weighted by Crippen LogP contribution is 2.18. The van der Waals surface area contributed by atoms with Crippen LogP contribution < -0.4 is 0 Å². The van der Waals surface area contributed by atoms with Crippen LogP contribution in [0.15, 0.2) is 0 Å². The molecule has 0 rings (SSSR count). The van der Waals surface area contributed by atoms with Crippen LogP contribution in [-0.2, 0) is 4.74 Å².